The second kappa shape index (κ2) is 1.93. The van der Waals surface area contributed by atoms with Crippen LogP contribution < -0.4 is 5.32 Å². The Morgan fingerprint density at radius 3 is 2.86 bits per heavy atom. The summed E-state index contributed by atoms with van der Waals surface area (Å²) in [6.07, 6.45) is 0.899. The lowest BCUT2D eigenvalue weighted by Gasteiger charge is -1.81. The van der Waals surface area contributed by atoms with Gasteiger partial charge in [0, 0.05) is 19.5 Å². The van der Waals surface area contributed by atoms with E-state index in [2.05, 4.69) is 10.5 Å². The van der Waals surface area contributed by atoms with Gasteiger partial charge in [-0.2, -0.15) is 0 Å². The maximum atomic E-state index is 8.11. The van der Waals surface area contributed by atoms with Crippen LogP contribution in [0.3, 0.4) is 0 Å². The van der Waals surface area contributed by atoms with Gasteiger partial charge in [-0.1, -0.05) is 5.16 Å². The predicted octanol–water partition coefficient (Wildman–Crippen LogP) is -0.190. The van der Waals surface area contributed by atoms with Crippen molar-refractivity contribution in [3.8, 4) is 0 Å². The van der Waals surface area contributed by atoms with E-state index in [1.165, 1.54) is 0 Å². The molecule has 3 heteroatoms. The molecule has 2 N–H and O–H groups in total. The van der Waals surface area contributed by atoms with Gasteiger partial charge in [0.15, 0.2) is 0 Å². The molecule has 0 aliphatic carbocycles. The summed E-state index contributed by atoms with van der Waals surface area (Å²) in [4.78, 5) is 0. The second-order valence-corrected chi connectivity index (χ2v) is 1.59. The Hall–Kier alpha value is -0.570. The summed E-state index contributed by atoms with van der Waals surface area (Å²) in [5.41, 5.74) is 0.861. The minimum Gasteiger partial charge on any atom is -0.411 e. The van der Waals surface area contributed by atoms with Gasteiger partial charge in [-0.15, -0.1) is 0 Å². The van der Waals surface area contributed by atoms with Crippen molar-refractivity contribution in [3.63, 3.8) is 0 Å². The molecule has 0 unspecified atom stereocenters. The van der Waals surface area contributed by atoms with Gasteiger partial charge < -0.3 is 10.5 Å². The Bertz CT molecular complexity index is 81.7. The van der Waals surface area contributed by atoms with Gasteiger partial charge in [-0.05, 0) is 0 Å². The molecule has 0 atom stereocenters. The predicted molar refractivity (Wildman–Crippen MR) is 26.7 cm³/mol. The molecule has 7 heavy (non-hydrogen) atoms. The van der Waals surface area contributed by atoms with E-state index in [0.29, 0.717) is 0 Å². The van der Waals surface area contributed by atoms with Gasteiger partial charge in [-0.3, -0.25) is 0 Å². The molecule has 0 amide bonds. The van der Waals surface area contributed by atoms with Crippen LogP contribution in [0.2, 0.25) is 0 Å². The average molecular weight is 100 g/mol. The highest BCUT2D eigenvalue weighted by Gasteiger charge is 2.05. The third kappa shape index (κ3) is 0.899. The van der Waals surface area contributed by atoms with Gasteiger partial charge in [0.2, 0.25) is 0 Å². The lowest BCUT2D eigenvalue weighted by molar-refractivity contribution is 0.318. The van der Waals surface area contributed by atoms with Crippen molar-refractivity contribution in [1.82, 2.24) is 5.32 Å². The topological polar surface area (TPSA) is 44.6 Å². The average Bonchev–Trinajstić information content (AvgIpc) is 2.14. The summed E-state index contributed by atoms with van der Waals surface area (Å²) in [6.45, 7) is 1.72. The summed E-state index contributed by atoms with van der Waals surface area (Å²) in [5.74, 6) is 0. The van der Waals surface area contributed by atoms with E-state index in [9.17, 15) is 0 Å². The smallest absolute Gasteiger partial charge is 0.0720 e. The van der Waals surface area contributed by atoms with Crippen LogP contribution in [0.5, 0.6) is 0 Å². The third-order valence-corrected chi connectivity index (χ3v) is 1.06. The van der Waals surface area contributed by atoms with E-state index in [0.717, 1.165) is 25.2 Å². The second-order valence-electron chi connectivity index (χ2n) is 1.59. The summed E-state index contributed by atoms with van der Waals surface area (Å²) in [7, 11) is 0. The van der Waals surface area contributed by atoms with Crippen molar-refractivity contribution >= 4 is 5.71 Å². The van der Waals surface area contributed by atoms with E-state index >= 15 is 0 Å². The zero-order valence-electron chi connectivity index (χ0n) is 4.02. The Balaban J connectivity index is 2.41. The highest BCUT2D eigenvalue weighted by Crippen LogP contribution is 1.89. The minimum atomic E-state index is 0.760. The Morgan fingerprint density at radius 2 is 2.57 bits per heavy atom. The molecule has 1 aliphatic rings. The SMILES string of the molecule is ON=C1CCNC1. The quantitative estimate of drug-likeness (QED) is 0.327. The molecule has 0 spiro atoms. The summed E-state index contributed by atoms with van der Waals surface area (Å²) >= 11 is 0. The maximum absolute atomic E-state index is 8.11. The minimum absolute atomic E-state index is 0.760. The summed E-state index contributed by atoms with van der Waals surface area (Å²) in [6, 6.07) is 0. The first-order valence-electron chi connectivity index (χ1n) is 2.34. The maximum Gasteiger partial charge on any atom is 0.0720 e. The van der Waals surface area contributed by atoms with Crippen molar-refractivity contribution in [2.45, 2.75) is 6.42 Å². The van der Waals surface area contributed by atoms with Crippen molar-refractivity contribution in [2.75, 3.05) is 13.1 Å². The van der Waals surface area contributed by atoms with Crippen LogP contribution in [0.1, 0.15) is 6.42 Å². The Labute approximate surface area is 42.0 Å². The normalized spacial score (nSPS) is 26.6. The lowest BCUT2D eigenvalue weighted by Crippen LogP contribution is -2.07. The summed E-state index contributed by atoms with van der Waals surface area (Å²) < 4.78 is 0. The number of hydrogen-bond acceptors (Lipinski definition) is 3. The molecule has 40 valence electrons. The third-order valence-electron chi connectivity index (χ3n) is 1.06. The first kappa shape index (κ1) is 4.59. The highest BCUT2D eigenvalue weighted by molar-refractivity contribution is 5.87. The fourth-order valence-electron chi connectivity index (χ4n) is 0.639. The van der Waals surface area contributed by atoms with Crippen LogP contribution in [0.25, 0.3) is 0 Å². The number of rotatable bonds is 0. The monoisotopic (exact) mass is 100 g/mol. The number of hydrogen-bond donors (Lipinski definition) is 2. The van der Waals surface area contributed by atoms with E-state index in [1.807, 2.05) is 0 Å². The molecule has 1 rings (SSSR count). The zero-order chi connectivity index (χ0) is 5.11. The Morgan fingerprint density at radius 1 is 1.71 bits per heavy atom. The van der Waals surface area contributed by atoms with Crippen LogP contribution in [-0.2, 0) is 0 Å². The van der Waals surface area contributed by atoms with E-state index in [1.54, 1.807) is 0 Å². The molecule has 1 fully saturated rings. The van der Waals surface area contributed by atoms with Crippen molar-refractivity contribution in [3.05, 3.63) is 0 Å². The van der Waals surface area contributed by atoms with E-state index < -0.39 is 0 Å². The largest absolute Gasteiger partial charge is 0.411 e. The van der Waals surface area contributed by atoms with Gasteiger partial charge in [0.25, 0.3) is 0 Å². The first-order valence-corrected chi connectivity index (χ1v) is 2.34. The molecule has 0 radical (unpaired) electrons. The van der Waals surface area contributed by atoms with Crippen LogP contribution in [0, 0.1) is 0 Å². The lowest BCUT2D eigenvalue weighted by atomic mass is 10.3. The van der Waals surface area contributed by atoms with Crippen LogP contribution in [0.15, 0.2) is 5.16 Å². The molecule has 0 bridgehead atoms. The summed E-state index contributed by atoms with van der Waals surface area (Å²) in [5, 5.41) is 14.2. The van der Waals surface area contributed by atoms with Gasteiger partial charge in [0.05, 0.1) is 5.71 Å². The van der Waals surface area contributed by atoms with Gasteiger partial charge in [0.1, 0.15) is 0 Å². The molecule has 1 heterocycles. The van der Waals surface area contributed by atoms with Crippen molar-refractivity contribution in [1.29, 1.82) is 0 Å². The van der Waals surface area contributed by atoms with E-state index in [-0.39, 0.29) is 0 Å². The van der Waals surface area contributed by atoms with Crippen LogP contribution in [-0.4, -0.2) is 24.0 Å². The Kier molecular flexibility index (Phi) is 1.26. The van der Waals surface area contributed by atoms with E-state index in [4.69, 9.17) is 5.21 Å². The van der Waals surface area contributed by atoms with Crippen molar-refractivity contribution in [2.24, 2.45) is 5.16 Å². The number of oxime groups is 1. The molecule has 1 aliphatic heterocycles. The van der Waals surface area contributed by atoms with Crippen LogP contribution >= 0.6 is 0 Å². The standard InChI is InChI=1S/C4H8N2O/c7-6-4-1-2-5-3-4/h5,7H,1-3H2. The van der Waals surface area contributed by atoms with Gasteiger partial charge in [-0.25, -0.2) is 0 Å². The molecule has 0 aromatic heterocycles. The molecule has 0 aromatic rings. The fraction of sp³-hybridized carbons (Fsp3) is 0.750. The fourth-order valence-corrected chi connectivity index (χ4v) is 0.639. The zero-order valence-corrected chi connectivity index (χ0v) is 4.02. The molecule has 0 aromatic carbocycles. The van der Waals surface area contributed by atoms with Gasteiger partial charge >= 0.3 is 0 Å². The first-order chi connectivity index (χ1) is 3.43. The number of nitrogens with zero attached hydrogens (tertiary/aromatic N) is 1. The number of nitrogens with one attached hydrogen (secondary N) is 1. The van der Waals surface area contributed by atoms with Crippen LogP contribution in [0.4, 0.5) is 0 Å². The highest BCUT2D eigenvalue weighted by atomic mass is 16.4. The molecule has 0 saturated carbocycles. The molecule has 3 nitrogen and oxygen atoms in total. The van der Waals surface area contributed by atoms with Crippen molar-refractivity contribution < 1.29 is 5.21 Å². The molecule has 1 saturated heterocycles. The molecular weight excluding hydrogens is 92.1 g/mol. The molecular formula is C4H8N2O.